The Labute approximate surface area is 169 Å². The fourth-order valence-corrected chi connectivity index (χ4v) is 3.06. The van der Waals surface area contributed by atoms with Gasteiger partial charge in [0.2, 0.25) is 0 Å². The summed E-state index contributed by atoms with van der Waals surface area (Å²) < 4.78 is 25.8. The summed E-state index contributed by atoms with van der Waals surface area (Å²) in [6.45, 7) is 1.52. The summed E-state index contributed by atoms with van der Waals surface area (Å²) in [4.78, 5) is 47.9. The van der Waals surface area contributed by atoms with Crippen LogP contribution in [0.1, 0.15) is 19.8 Å². The van der Waals surface area contributed by atoms with Crippen LogP contribution in [-0.4, -0.2) is 82.5 Å². The van der Waals surface area contributed by atoms with Crippen molar-refractivity contribution in [3.8, 4) is 0 Å². The molecule has 1 aliphatic carbocycles. The molecule has 0 amide bonds. The minimum absolute atomic E-state index is 0.00764. The highest BCUT2D eigenvalue weighted by Crippen LogP contribution is 2.35. The summed E-state index contributed by atoms with van der Waals surface area (Å²) in [5, 5.41) is 0. The van der Waals surface area contributed by atoms with Crippen LogP contribution >= 0.6 is 0 Å². The highest BCUT2D eigenvalue weighted by atomic mass is 16.6. The van der Waals surface area contributed by atoms with Gasteiger partial charge in [0.25, 0.3) is 0 Å². The molecule has 1 fully saturated rings. The highest BCUT2D eigenvalue weighted by Gasteiger charge is 2.46. The Morgan fingerprint density at radius 1 is 0.828 bits per heavy atom. The Morgan fingerprint density at radius 3 is 1.86 bits per heavy atom. The SMILES string of the molecule is COCCOCCOC(=O)C1CC(OC(=O)CN)C(C(C)=O)CC1OC(=O)CN. The first-order valence-electron chi connectivity index (χ1n) is 9.36. The van der Waals surface area contributed by atoms with Crippen molar-refractivity contribution in [2.45, 2.75) is 32.0 Å². The predicted octanol–water partition coefficient (Wildman–Crippen LogP) is -1.45. The second-order valence-electron chi connectivity index (χ2n) is 6.53. The van der Waals surface area contributed by atoms with Gasteiger partial charge in [-0.2, -0.15) is 0 Å². The summed E-state index contributed by atoms with van der Waals surface area (Å²) in [5.74, 6) is -3.97. The van der Waals surface area contributed by atoms with Gasteiger partial charge in [0.1, 0.15) is 24.6 Å². The van der Waals surface area contributed by atoms with Crippen LogP contribution < -0.4 is 11.5 Å². The van der Waals surface area contributed by atoms with Crippen molar-refractivity contribution < 1.29 is 42.9 Å². The molecule has 0 spiro atoms. The lowest BCUT2D eigenvalue weighted by atomic mass is 9.76. The zero-order valence-corrected chi connectivity index (χ0v) is 16.8. The third kappa shape index (κ3) is 8.44. The van der Waals surface area contributed by atoms with Gasteiger partial charge in [0.15, 0.2) is 0 Å². The Kier molecular flexibility index (Phi) is 11.4. The monoisotopic (exact) mass is 418 g/mol. The maximum absolute atomic E-state index is 12.6. The van der Waals surface area contributed by atoms with Gasteiger partial charge in [0, 0.05) is 13.5 Å². The Bertz CT molecular complexity index is 570. The largest absolute Gasteiger partial charge is 0.463 e. The number of carbonyl (C=O) groups excluding carboxylic acids is 4. The second kappa shape index (κ2) is 13.2. The van der Waals surface area contributed by atoms with E-state index in [1.54, 1.807) is 0 Å². The molecule has 0 bridgehead atoms. The van der Waals surface area contributed by atoms with Gasteiger partial charge in [-0.25, -0.2) is 0 Å². The van der Waals surface area contributed by atoms with Crippen molar-refractivity contribution in [1.29, 1.82) is 0 Å². The predicted molar refractivity (Wildman–Crippen MR) is 98.4 cm³/mol. The van der Waals surface area contributed by atoms with Crippen LogP contribution in [0.4, 0.5) is 0 Å². The third-order valence-electron chi connectivity index (χ3n) is 4.50. The van der Waals surface area contributed by atoms with E-state index in [9.17, 15) is 19.2 Å². The smallest absolute Gasteiger partial charge is 0.319 e. The molecule has 29 heavy (non-hydrogen) atoms. The number of methoxy groups -OCH3 is 1. The molecular formula is C18H30N2O9. The zero-order chi connectivity index (χ0) is 21.8. The molecule has 4 atom stereocenters. The van der Waals surface area contributed by atoms with Crippen molar-refractivity contribution in [3.63, 3.8) is 0 Å². The number of Topliss-reactive ketones (excluding diaryl/α,β-unsaturated/α-hetero) is 1. The van der Waals surface area contributed by atoms with Crippen molar-refractivity contribution in [2.75, 3.05) is 46.6 Å². The molecule has 0 heterocycles. The molecule has 0 radical (unpaired) electrons. The van der Waals surface area contributed by atoms with E-state index in [0.717, 1.165) is 0 Å². The van der Waals surface area contributed by atoms with Gasteiger partial charge in [-0.3, -0.25) is 19.2 Å². The van der Waals surface area contributed by atoms with E-state index in [2.05, 4.69) is 0 Å². The fraction of sp³-hybridized carbons (Fsp3) is 0.778. The minimum Gasteiger partial charge on any atom is -0.463 e. The van der Waals surface area contributed by atoms with Crippen LogP contribution in [0.2, 0.25) is 0 Å². The van der Waals surface area contributed by atoms with Crippen molar-refractivity contribution in [1.82, 2.24) is 0 Å². The first-order valence-corrected chi connectivity index (χ1v) is 9.36. The average molecular weight is 418 g/mol. The zero-order valence-electron chi connectivity index (χ0n) is 16.8. The number of rotatable bonds is 12. The fourth-order valence-electron chi connectivity index (χ4n) is 3.06. The number of ether oxygens (including phenoxy) is 5. The number of esters is 3. The molecular weight excluding hydrogens is 388 g/mol. The number of ketones is 1. The summed E-state index contributed by atoms with van der Waals surface area (Å²) in [5.41, 5.74) is 10.6. The molecule has 0 saturated heterocycles. The van der Waals surface area contributed by atoms with Crippen molar-refractivity contribution in [3.05, 3.63) is 0 Å². The number of hydrogen-bond acceptors (Lipinski definition) is 11. The summed E-state index contributed by atoms with van der Waals surface area (Å²) in [6, 6.07) is 0. The number of nitrogens with two attached hydrogens (primary N) is 2. The topological polar surface area (TPSA) is 166 Å². The molecule has 0 aromatic rings. The summed E-state index contributed by atoms with van der Waals surface area (Å²) in [6.07, 6.45) is -1.82. The Hall–Kier alpha value is -2.08. The molecule has 11 nitrogen and oxygen atoms in total. The van der Waals surface area contributed by atoms with Crippen LogP contribution in [0.3, 0.4) is 0 Å². The first-order chi connectivity index (χ1) is 13.8. The summed E-state index contributed by atoms with van der Waals surface area (Å²) in [7, 11) is 1.54. The standard InChI is InChI=1S/C18H30N2O9/c1-11(21)12-7-15(29-17(23)10-20)13(8-14(12)28-16(22)9-19)18(24)27-6-5-26-4-3-25-2/h12-15H,3-10,19-20H2,1-2H3. The van der Waals surface area contributed by atoms with E-state index >= 15 is 0 Å². The van der Waals surface area contributed by atoms with E-state index in [1.807, 2.05) is 0 Å². The van der Waals surface area contributed by atoms with Crippen LogP contribution in [0.5, 0.6) is 0 Å². The lowest BCUT2D eigenvalue weighted by Crippen LogP contribution is -2.49. The van der Waals surface area contributed by atoms with Gasteiger partial charge in [0.05, 0.1) is 44.7 Å². The van der Waals surface area contributed by atoms with E-state index in [-0.39, 0.29) is 44.9 Å². The second-order valence-corrected chi connectivity index (χ2v) is 6.53. The Balaban J connectivity index is 2.83. The molecule has 0 aromatic heterocycles. The molecule has 4 N–H and O–H groups in total. The van der Waals surface area contributed by atoms with Crippen molar-refractivity contribution >= 4 is 23.7 Å². The van der Waals surface area contributed by atoms with E-state index in [4.69, 9.17) is 35.2 Å². The van der Waals surface area contributed by atoms with E-state index < -0.39 is 42.0 Å². The van der Waals surface area contributed by atoms with Crippen LogP contribution in [-0.2, 0) is 42.9 Å². The maximum Gasteiger partial charge on any atom is 0.319 e. The molecule has 1 saturated carbocycles. The molecule has 0 aliphatic heterocycles. The van der Waals surface area contributed by atoms with Crippen LogP contribution in [0.25, 0.3) is 0 Å². The molecule has 1 aliphatic rings. The molecule has 11 heteroatoms. The molecule has 166 valence electrons. The van der Waals surface area contributed by atoms with Crippen molar-refractivity contribution in [2.24, 2.45) is 23.3 Å². The lowest BCUT2D eigenvalue weighted by molar-refractivity contribution is -0.178. The van der Waals surface area contributed by atoms with E-state index in [1.165, 1.54) is 14.0 Å². The molecule has 4 unspecified atom stereocenters. The van der Waals surface area contributed by atoms with Gasteiger partial charge < -0.3 is 35.2 Å². The van der Waals surface area contributed by atoms with Gasteiger partial charge in [-0.1, -0.05) is 0 Å². The van der Waals surface area contributed by atoms with Crippen LogP contribution in [0.15, 0.2) is 0 Å². The quantitative estimate of drug-likeness (QED) is 0.216. The third-order valence-corrected chi connectivity index (χ3v) is 4.50. The number of hydrogen-bond donors (Lipinski definition) is 2. The maximum atomic E-state index is 12.6. The Morgan fingerprint density at radius 2 is 1.34 bits per heavy atom. The van der Waals surface area contributed by atoms with Gasteiger partial charge in [-0.15, -0.1) is 0 Å². The van der Waals surface area contributed by atoms with Crippen LogP contribution in [0, 0.1) is 11.8 Å². The number of carbonyl (C=O) groups is 4. The highest BCUT2D eigenvalue weighted by molar-refractivity contribution is 5.81. The first kappa shape index (κ1) is 25.0. The summed E-state index contributed by atoms with van der Waals surface area (Å²) >= 11 is 0. The lowest BCUT2D eigenvalue weighted by Gasteiger charge is -2.38. The minimum atomic E-state index is -0.922. The van der Waals surface area contributed by atoms with Gasteiger partial charge >= 0.3 is 17.9 Å². The molecule has 0 aromatic carbocycles. The van der Waals surface area contributed by atoms with E-state index in [0.29, 0.717) is 13.2 Å². The molecule has 1 rings (SSSR count). The van der Waals surface area contributed by atoms with Gasteiger partial charge in [-0.05, 0) is 13.3 Å². The normalized spacial score (nSPS) is 23.9. The average Bonchev–Trinajstić information content (AvgIpc) is 2.70.